The maximum Gasteiger partial charge on any atom is 0.258 e. The summed E-state index contributed by atoms with van der Waals surface area (Å²) in [7, 11) is 1.55. The minimum Gasteiger partial charge on any atom is -0.345 e. The molecule has 0 saturated carbocycles. The normalized spacial score (nSPS) is 10.7. The molecular weight excluding hydrogens is 257 g/mol. The van der Waals surface area contributed by atoms with Crippen molar-refractivity contribution in [2.45, 2.75) is 0 Å². The first kappa shape index (κ1) is 12.3. The number of nitrogens with zero attached hydrogens (tertiary/aromatic N) is 2. The number of carbonyl (C=O) groups is 1. The van der Waals surface area contributed by atoms with Crippen molar-refractivity contribution in [3.8, 4) is 0 Å². The highest BCUT2D eigenvalue weighted by molar-refractivity contribution is 6.07. The van der Waals surface area contributed by atoms with Crippen LogP contribution >= 0.6 is 0 Å². The Morgan fingerprint density at radius 2 is 2.05 bits per heavy atom. The summed E-state index contributed by atoms with van der Waals surface area (Å²) in [6.45, 7) is 0. The van der Waals surface area contributed by atoms with Gasteiger partial charge in [-0.2, -0.15) is 0 Å². The maximum absolute atomic E-state index is 13.7. The Morgan fingerprint density at radius 1 is 1.25 bits per heavy atom. The molecule has 0 radical (unpaired) electrons. The number of rotatable bonds is 2. The number of fused-ring (bicyclic) bond motifs is 1. The molecule has 2 aromatic carbocycles. The Labute approximate surface area is 114 Å². The van der Waals surface area contributed by atoms with E-state index in [1.165, 1.54) is 11.0 Å². The number of aromatic nitrogens is 2. The van der Waals surface area contributed by atoms with Crippen LogP contribution in [0.25, 0.3) is 11.0 Å². The molecule has 0 atom stereocenters. The van der Waals surface area contributed by atoms with Crippen LogP contribution in [0.1, 0.15) is 10.4 Å². The van der Waals surface area contributed by atoms with Gasteiger partial charge in [0.2, 0.25) is 0 Å². The SMILES string of the molecule is CN(C(=O)c1ccc2nc[nH]c2c1)c1ccccc1F. The molecule has 0 saturated heterocycles. The molecular formula is C15H12FN3O. The monoisotopic (exact) mass is 269 g/mol. The molecule has 20 heavy (non-hydrogen) atoms. The van der Waals surface area contributed by atoms with Gasteiger partial charge in [0.25, 0.3) is 5.91 Å². The molecule has 0 aliphatic rings. The van der Waals surface area contributed by atoms with Gasteiger partial charge in [0.15, 0.2) is 0 Å². The lowest BCUT2D eigenvalue weighted by atomic mass is 10.1. The number of carbonyl (C=O) groups excluding carboxylic acids is 1. The fourth-order valence-electron chi connectivity index (χ4n) is 2.10. The summed E-state index contributed by atoms with van der Waals surface area (Å²) >= 11 is 0. The van der Waals surface area contributed by atoms with Gasteiger partial charge in [-0.05, 0) is 30.3 Å². The number of amides is 1. The highest BCUT2D eigenvalue weighted by Gasteiger charge is 2.16. The average Bonchev–Trinajstić information content (AvgIpc) is 2.93. The van der Waals surface area contributed by atoms with Crippen molar-refractivity contribution in [2.75, 3.05) is 11.9 Å². The van der Waals surface area contributed by atoms with E-state index in [2.05, 4.69) is 9.97 Å². The number of halogens is 1. The average molecular weight is 269 g/mol. The van der Waals surface area contributed by atoms with E-state index in [1.807, 2.05) is 0 Å². The standard InChI is InChI=1S/C15H12FN3O/c1-19(14-5-3-2-4-11(14)16)15(20)10-6-7-12-13(8-10)18-9-17-12/h2-9H,1H3,(H,17,18). The van der Waals surface area contributed by atoms with Crippen LogP contribution in [-0.2, 0) is 0 Å². The van der Waals surface area contributed by atoms with Crippen LogP contribution in [0.2, 0.25) is 0 Å². The number of para-hydroxylation sites is 1. The van der Waals surface area contributed by atoms with E-state index < -0.39 is 5.82 Å². The Bertz CT molecular complexity index is 781. The van der Waals surface area contributed by atoms with Crippen LogP contribution in [0, 0.1) is 5.82 Å². The largest absolute Gasteiger partial charge is 0.345 e. The smallest absolute Gasteiger partial charge is 0.258 e. The summed E-state index contributed by atoms with van der Waals surface area (Å²) < 4.78 is 13.7. The van der Waals surface area contributed by atoms with Gasteiger partial charge in [-0.3, -0.25) is 4.79 Å². The van der Waals surface area contributed by atoms with Crippen molar-refractivity contribution >= 4 is 22.6 Å². The van der Waals surface area contributed by atoms with Crippen LogP contribution in [-0.4, -0.2) is 22.9 Å². The Morgan fingerprint density at radius 3 is 2.85 bits per heavy atom. The molecule has 0 aliphatic carbocycles. The topological polar surface area (TPSA) is 49.0 Å². The molecule has 1 aromatic heterocycles. The Balaban J connectivity index is 1.97. The van der Waals surface area contributed by atoms with Crippen LogP contribution in [0.4, 0.5) is 10.1 Å². The van der Waals surface area contributed by atoms with E-state index in [1.54, 1.807) is 49.8 Å². The molecule has 0 fully saturated rings. The number of aromatic amines is 1. The van der Waals surface area contributed by atoms with Crippen LogP contribution in [0.5, 0.6) is 0 Å². The van der Waals surface area contributed by atoms with Crippen LogP contribution < -0.4 is 4.90 Å². The van der Waals surface area contributed by atoms with E-state index >= 15 is 0 Å². The first-order valence-electron chi connectivity index (χ1n) is 6.12. The number of benzene rings is 2. The molecule has 1 N–H and O–H groups in total. The van der Waals surface area contributed by atoms with Crippen molar-refractivity contribution in [3.63, 3.8) is 0 Å². The summed E-state index contributed by atoms with van der Waals surface area (Å²) in [5.41, 5.74) is 2.29. The Kier molecular flexibility index (Phi) is 2.95. The third-order valence-corrected chi connectivity index (χ3v) is 3.19. The highest BCUT2D eigenvalue weighted by atomic mass is 19.1. The van der Waals surface area contributed by atoms with Crippen LogP contribution in [0.3, 0.4) is 0 Å². The van der Waals surface area contributed by atoms with E-state index in [9.17, 15) is 9.18 Å². The number of H-pyrrole nitrogens is 1. The second-order valence-electron chi connectivity index (χ2n) is 4.45. The minimum absolute atomic E-state index is 0.252. The number of nitrogens with one attached hydrogen (secondary N) is 1. The molecule has 0 aliphatic heterocycles. The van der Waals surface area contributed by atoms with Crippen LogP contribution in [0.15, 0.2) is 48.8 Å². The summed E-state index contributed by atoms with van der Waals surface area (Å²) in [6, 6.07) is 11.3. The van der Waals surface area contributed by atoms with Gasteiger partial charge in [0.05, 0.1) is 23.0 Å². The van der Waals surface area contributed by atoms with Gasteiger partial charge in [0, 0.05) is 12.6 Å². The third kappa shape index (κ3) is 2.03. The zero-order chi connectivity index (χ0) is 14.1. The van der Waals surface area contributed by atoms with Gasteiger partial charge in [-0.1, -0.05) is 12.1 Å². The first-order valence-corrected chi connectivity index (χ1v) is 6.12. The molecule has 0 spiro atoms. The second kappa shape index (κ2) is 4.77. The predicted molar refractivity (Wildman–Crippen MR) is 75.2 cm³/mol. The van der Waals surface area contributed by atoms with Crippen molar-refractivity contribution in [1.29, 1.82) is 0 Å². The molecule has 100 valence electrons. The fraction of sp³-hybridized carbons (Fsp3) is 0.0667. The van der Waals surface area contributed by atoms with E-state index in [0.29, 0.717) is 5.56 Å². The predicted octanol–water partition coefficient (Wildman–Crippen LogP) is 2.98. The first-order chi connectivity index (χ1) is 9.66. The summed E-state index contributed by atoms with van der Waals surface area (Å²) in [5, 5.41) is 0. The molecule has 4 nitrogen and oxygen atoms in total. The fourth-order valence-corrected chi connectivity index (χ4v) is 2.10. The molecule has 0 bridgehead atoms. The zero-order valence-electron chi connectivity index (χ0n) is 10.8. The lowest BCUT2D eigenvalue weighted by molar-refractivity contribution is 0.0992. The zero-order valence-corrected chi connectivity index (χ0v) is 10.8. The summed E-state index contributed by atoms with van der Waals surface area (Å²) in [5.74, 6) is -0.697. The highest BCUT2D eigenvalue weighted by Crippen LogP contribution is 2.20. The van der Waals surface area contributed by atoms with Crippen molar-refractivity contribution in [1.82, 2.24) is 9.97 Å². The number of imidazole rings is 1. The second-order valence-corrected chi connectivity index (χ2v) is 4.45. The number of anilines is 1. The van der Waals surface area contributed by atoms with Gasteiger partial charge >= 0.3 is 0 Å². The number of hydrogen-bond acceptors (Lipinski definition) is 2. The Hall–Kier alpha value is -2.69. The molecule has 1 heterocycles. The molecule has 3 rings (SSSR count). The van der Waals surface area contributed by atoms with Gasteiger partial charge in [-0.25, -0.2) is 9.37 Å². The van der Waals surface area contributed by atoms with Gasteiger partial charge in [-0.15, -0.1) is 0 Å². The molecule has 3 aromatic rings. The molecule has 5 heteroatoms. The summed E-state index contributed by atoms with van der Waals surface area (Å²) in [6.07, 6.45) is 1.57. The lowest BCUT2D eigenvalue weighted by Crippen LogP contribution is -2.27. The van der Waals surface area contributed by atoms with E-state index in [4.69, 9.17) is 0 Å². The number of hydrogen-bond donors (Lipinski definition) is 1. The lowest BCUT2D eigenvalue weighted by Gasteiger charge is -2.18. The van der Waals surface area contributed by atoms with E-state index in [0.717, 1.165) is 11.0 Å². The molecule has 1 amide bonds. The maximum atomic E-state index is 13.7. The quantitative estimate of drug-likeness (QED) is 0.777. The van der Waals surface area contributed by atoms with Gasteiger partial charge < -0.3 is 9.88 Å². The third-order valence-electron chi connectivity index (χ3n) is 3.19. The molecule has 0 unspecified atom stereocenters. The van der Waals surface area contributed by atoms with Crippen molar-refractivity contribution in [3.05, 3.63) is 60.2 Å². The summed E-state index contributed by atoms with van der Waals surface area (Å²) in [4.78, 5) is 20.7. The van der Waals surface area contributed by atoms with Gasteiger partial charge in [0.1, 0.15) is 5.82 Å². The minimum atomic E-state index is -0.425. The van der Waals surface area contributed by atoms with Crippen molar-refractivity contribution < 1.29 is 9.18 Å². The van der Waals surface area contributed by atoms with Crippen molar-refractivity contribution in [2.24, 2.45) is 0 Å². The van der Waals surface area contributed by atoms with E-state index in [-0.39, 0.29) is 11.6 Å².